The number of furan rings is 1. The smallest absolute Gasteiger partial charge is 0.202 e. The van der Waals surface area contributed by atoms with Gasteiger partial charge in [-0.25, -0.2) is 12.1 Å². The Labute approximate surface area is 387 Å². The molecule has 0 N–H and O–H groups in total. The minimum absolute atomic E-state index is 0. The van der Waals surface area contributed by atoms with E-state index in [2.05, 4.69) is 132 Å². The van der Waals surface area contributed by atoms with Crippen LogP contribution in [0.3, 0.4) is 0 Å². The number of rotatable bonds is 4. The van der Waals surface area contributed by atoms with Gasteiger partial charge in [0.2, 0.25) is 13.4 Å². The number of fused-ring (bicyclic) bond motifs is 8. The van der Waals surface area contributed by atoms with E-state index in [1.807, 2.05) is 69.2 Å². The molecule has 0 atom stereocenters. The fourth-order valence-corrected chi connectivity index (χ4v) is 13.0. The molecule has 0 radical (unpaired) electrons. The second-order valence-electron chi connectivity index (χ2n) is 14.1. The molecule has 9 aromatic rings. The Morgan fingerprint density at radius 2 is 0.898 bits per heavy atom. The molecule has 59 heavy (non-hydrogen) atoms. The van der Waals surface area contributed by atoms with Crippen molar-refractivity contribution in [3.05, 3.63) is 158 Å². The van der Waals surface area contributed by atoms with Crippen molar-refractivity contribution in [3.8, 4) is 33.8 Å². The van der Waals surface area contributed by atoms with Gasteiger partial charge in [0.25, 0.3) is 0 Å². The quantitative estimate of drug-likeness (QED) is 0.144. The summed E-state index contributed by atoms with van der Waals surface area (Å²) < 4.78 is 9.97. The van der Waals surface area contributed by atoms with E-state index in [-0.39, 0.29) is 55.6 Å². The van der Waals surface area contributed by atoms with E-state index in [1.54, 1.807) is 24.2 Å². The van der Waals surface area contributed by atoms with E-state index in [0.717, 1.165) is 49.9 Å². The van der Waals surface area contributed by atoms with Crippen LogP contribution in [0.15, 0.2) is 165 Å². The van der Waals surface area contributed by atoms with Gasteiger partial charge < -0.3 is 21.6 Å². The van der Waals surface area contributed by atoms with E-state index in [1.165, 1.54) is 50.1 Å². The Bertz CT molecular complexity index is 2900. The zero-order chi connectivity index (χ0) is 37.2. The first-order chi connectivity index (χ1) is 28.2. The van der Waals surface area contributed by atoms with Gasteiger partial charge in [-0.15, -0.1) is 87.0 Å². The fraction of sp³-hybridized carbons (Fsp3) is 0. The molecule has 4 aliphatic rings. The number of benzene rings is 6. The van der Waals surface area contributed by atoms with E-state index in [0.29, 0.717) is 5.76 Å². The number of nitrogens with zero attached hydrogens (tertiary/aromatic N) is 4. The molecule has 3 aromatic heterocycles. The first kappa shape index (κ1) is 37.9. The zero-order valence-corrected chi connectivity index (χ0v) is 38.0. The fourth-order valence-electron chi connectivity index (χ4n) is 8.37. The first-order valence-electron chi connectivity index (χ1n) is 18.4. The summed E-state index contributed by atoms with van der Waals surface area (Å²) in [5.41, 5.74) is 11.5. The molecule has 286 valence electrons. The van der Waals surface area contributed by atoms with Crippen molar-refractivity contribution in [2.45, 2.75) is 39.2 Å². The van der Waals surface area contributed by atoms with Gasteiger partial charge in [-0.05, 0) is 78.3 Å². The molecule has 0 saturated carbocycles. The Hall–Kier alpha value is -4.07. The largest absolute Gasteiger partial charge is 0.631 e. The summed E-state index contributed by atoms with van der Waals surface area (Å²) in [6.07, 6.45) is 10.7. The summed E-state index contributed by atoms with van der Waals surface area (Å²) >= 11 is 7.23. The second-order valence-corrected chi connectivity index (χ2v) is 18.4. The van der Waals surface area contributed by atoms with Gasteiger partial charge in [0.1, 0.15) is 0 Å². The molecule has 5 nitrogen and oxygen atoms in total. The molecule has 0 amide bonds. The van der Waals surface area contributed by atoms with Gasteiger partial charge in [0.15, 0.2) is 0 Å². The molecule has 13 heteroatoms. The third kappa shape index (κ3) is 6.06. The van der Waals surface area contributed by atoms with E-state index < -0.39 is 0 Å². The van der Waals surface area contributed by atoms with Crippen molar-refractivity contribution in [3.63, 3.8) is 0 Å². The minimum Gasteiger partial charge on any atom is -0.631 e. The zero-order valence-electron chi connectivity index (χ0n) is 30.2. The monoisotopic (exact) mass is 1180 g/mol. The summed E-state index contributed by atoms with van der Waals surface area (Å²) in [5.74, 6) is 0.598. The maximum absolute atomic E-state index is 6.22. The van der Waals surface area contributed by atoms with Crippen LogP contribution in [-0.2, 0) is 42.1 Å². The van der Waals surface area contributed by atoms with Crippen molar-refractivity contribution in [2.75, 3.05) is 0 Å². The summed E-state index contributed by atoms with van der Waals surface area (Å²) in [5, 5.41) is 9.00. The summed E-state index contributed by atoms with van der Waals surface area (Å²) in [6, 6.07) is 53.1. The van der Waals surface area contributed by atoms with Crippen molar-refractivity contribution in [1.29, 1.82) is 0 Å². The molecule has 6 aromatic carbocycles. The molecule has 13 rings (SSSR count). The normalized spacial score (nSPS) is 13.5. The van der Waals surface area contributed by atoms with Crippen molar-refractivity contribution >= 4 is 93.2 Å². The van der Waals surface area contributed by atoms with Crippen LogP contribution in [0, 0.1) is 36.6 Å². The molecule has 0 fully saturated rings. The van der Waals surface area contributed by atoms with Crippen LogP contribution in [0.5, 0.6) is 0 Å². The Morgan fingerprint density at radius 1 is 0.458 bits per heavy atom. The predicted octanol–water partition coefficient (Wildman–Crippen LogP) is 6.67. The van der Waals surface area contributed by atoms with Gasteiger partial charge in [-0.2, -0.15) is 74.4 Å². The maximum Gasteiger partial charge on any atom is 0.202 e. The molecular formula is C46H20B2N4OPt2S4-6. The topological polar surface area (TPSA) is 48.8 Å². The van der Waals surface area contributed by atoms with E-state index in [9.17, 15) is 0 Å². The van der Waals surface area contributed by atoms with Gasteiger partial charge in [0.05, 0.1) is 0 Å². The van der Waals surface area contributed by atoms with Gasteiger partial charge in [-0.1, -0.05) is 27.7 Å². The van der Waals surface area contributed by atoms with E-state index in [4.69, 9.17) is 4.42 Å². The van der Waals surface area contributed by atoms with Crippen molar-refractivity contribution < 1.29 is 46.5 Å². The van der Waals surface area contributed by atoms with Crippen LogP contribution < -0.4 is 32.8 Å². The average Bonchev–Trinajstić information content (AvgIpc) is 4.08. The minimum atomic E-state index is -0.0287. The van der Waals surface area contributed by atoms with Crippen LogP contribution in [-0.4, -0.2) is 33.0 Å². The Balaban J connectivity index is 0.00000198. The first-order valence-corrected chi connectivity index (χ1v) is 21.6. The van der Waals surface area contributed by atoms with Crippen molar-refractivity contribution in [1.82, 2.24) is 19.6 Å². The van der Waals surface area contributed by atoms with Crippen LogP contribution in [0.2, 0.25) is 0 Å². The predicted molar refractivity (Wildman–Crippen MR) is 228 cm³/mol. The molecule has 0 unspecified atom stereocenters. The van der Waals surface area contributed by atoms with Crippen LogP contribution in [0.4, 0.5) is 0 Å². The third-order valence-corrected chi connectivity index (χ3v) is 15.5. The summed E-state index contributed by atoms with van der Waals surface area (Å²) in [6.45, 7) is -0.0501. The summed E-state index contributed by atoms with van der Waals surface area (Å²) in [7, 11) is 0. The van der Waals surface area contributed by atoms with Crippen LogP contribution in [0.1, 0.15) is 0 Å². The average molecular weight is 1180 g/mol. The van der Waals surface area contributed by atoms with E-state index >= 15 is 0 Å². The second kappa shape index (κ2) is 14.8. The molecule has 0 saturated heterocycles. The standard InChI is InChI=1S/C46H20B2N4OS4.2Pt/c1-5-41-45-43(7-1)56-39-15-11-30(51-19-3-17-49-51)24-34(39)47(45)32-21-27(9-13-37(32)54-41)29-23-36(53-26-29)28-10-14-38-33(22-28)48-35-25-31(52-20-4-18-50-52)12-16-40(35)57-44-8-2-6-42(55-38)46(44)48;;/h1-20H;;/q-6;;. The van der Waals surface area contributed by atoms with Crippen molar-refractivity contribution in [2.24, 2.45) is 0 Å². The molecule has 7 heterocycles. The Kier molecular flexibility index (Phi) is 9.52. The van der Waals surface area contributed by atoms with Crippen LogP contribution in [0.25, 0.3) is 33.8 Å². The number of hydrogen-bond acceptors (Lipinski definition) is 7. The third-order valence-electron chi connectivity index (χ3n) is 10.9. The molecule has 0 aliphatic carbocycles. The Morgan fingerprint density at radius 3 is 1.37 bits per heavy atom. The van der Waals surface area contributed by atoms with Gasteiger partial charge in [0, 0.05) is 66.9 Å². The van der Waals surface area contributed by atoms with Gasteiger partial charge in [-0.3, -0.25) is 9.36 Å². The number of aromatic nitrogens is 4. The van der Waals surface area contributed by atoms with Crippen LogP contribution >= 0.6 is 47.0 Å². The molecule has 4 aliphatic heterocycles. The molecule has 0 spiro atoms. The SMILES string of the molecule is [Pt].[Pt].[c-]1oc(-c2[c-]c3c(cc2)Sc2cccc4c2B3c2[c-]c(-n3cccn3)ccc2S4)[c-]c1-c1[c-]c2c(cc1)Sc1cccc3c1B2c1[c-]c(-n2cccn2)ccc1S3. The van der Waals surface area contributed by atoms with Gasteiger partial charge >= 0.3 is 0 Å². The maximum atomic E-state index is 6.22. The molecule has 0 bridgehead atoms. The summed E-state index contributed by atoms with van der Waals surface area (Å²) in [4.78, 5) is 9.85. The number of hydrogen-bond donors (Lipinski definition) is 0. The molecular weight excluding hydrogens is 1160 g/mol.